The Balaban J connectivity index is 2.94. The van der Waals surface area contributed by atoms with Crippen LogP contribution in [0.3, 0.4) is 0 Å². The minimum atomic E-state index is -3.56. The molecule has 0 aliphatic rings. The summed E-state index contributed by atoms with van der Waals surface area (Å²) in [7, 11) is -2.05. The van der Waals surface area contributed by atoms with Crippen LogP contribution in [0.25, 0.3) is 0 Å². The maximum absolute atomic E-state index is 12.0. The molecule has 6 heteroatoms. The molecule has 0 unspecified atom stereocenters. The fourth-order valence-electron chi connectivity index (χ4n) is 1.30. The number of hydrogen-bond acceptors (Lipinski definition) is 3. The first kappa shape index (κ1) is 15.5. The summed E-state index contributed by atoms with van der Waals surface area (Å²) < 4.78 is 27.7. The molecule has 0 heterocycles. The van der Waals surface area contributed by atoms with Gasteiger partial charge in [-0.15, -0.1) is 0 Å². The van der Waals surface area contributed by atoms with E-state index in [1.165, 1.54) is 11.4 Å². The Labute approximate surface area is 114 Å². The molecule has 104 valence electrons. The van der Waals surface area contributed by atoms with Gasteiger partial charge in [-0.2, -0.15) is 12.7 Å². The summed E-state index contributed by atoms with van der Waals surface area (Å²) in [6.07, 6.45) is 0. The number of aliphatic hydroxyl groups excluding tert-OH is 1. The first-order valence-corrected chi connectivity index (χ1v) is 7.26. The molecule has 5 nitrogen and oxygen atoms in total. The molecule has 2 N–H and O–H groups in total. The predicted octanol–water partition coefficient (Wildman–Crippen LogP) is 1.03. The summed E-state index contributed by atoms with van der Waals surface area (Å²) in [5, 5.41) is 8.63. The van der Waals surface area contributed by atoms with E-state index >= 15 is 0 Å². The predicted molar refractivity (Wildman–Crippen MR) is 75.8 cm³/mol. The third-order valence-corrected chi connectivity index (χ3v) is 4.20. The van der Waals surface area contributed by atoms with Crippen molar-refractivity contribution in [3.63, 3.8) is 0 Å². The molecule has 1 aromatic carbocycles. The SMILES string of the molecule is CC(C)N(C)S(=O)(=O)Nc1cccc(C#CCO)c1. The molecule has 0 saturated heterocycles. The van der Waals surface area contributed by atoms with Gasteiger partial charge in [0.15, 0.2) is 0 Å². The van der Waals surface area contributed by atoms with E-state index < -0.39 is 10.2 Å². The van der Waals surface area contributed by atoms with Crippen LogP contribution in [0.5, 0.6) is 0 Å². The maximum Gasteiger partial charge on any atom is 0.301 e. The largest absolute Gasteiger partial charge is 0.384 e. The Bertz CT molecular complexity index is 585. The van der Waals surface area contributed by atoms with Crippen LogP contribution in [0.1, 0.15) is 19.4 Å². The molecular weight excluding hydrogens is 264 g/mol. The van der Waals surface area contributed by atoms with E-state index in [2.05, 4.69) is 16.6 Å². The molecule has 0 spiro atoms. The first-order chi connectivity index (χ1) is 8.86. The zero-order valence-electron chi connectivity index (χ0n) is 11.2. The van der Waals surface area contributed by atoms with E-state index in [0.717, 1.165) is 0 Å². The Morgan fingerprint density at radius 2 is 2.11 bits per heavy atom. The fourth-order valence-corrected chi connectivity index (χ4v) is 2.42. The van der Waals surface area contributed by atoms with Gasteiger partial charge < -0.3 is 5.11 Å². The number of nitrogens with zero attached hydrogens (tertiary/aromatic N) is 1. The third kappa shape index (κ3) is 4.56. The van der Waals surface area contributed by atoms with Crippen molar-refractivity contribution in [2.24, 2.45) is 0 Å². The Morgan fingerprint density at radius 3 is 2.68 bits per heavy atom. The number of rotatable bonds is 4. The lowest BCUT2D eigenvalue weighted by atomic mass is 10.2. The number of anilines is 1. The lowest BCUT2D eigenvalue weighted by molar-refractivity contribution is 0.350. The van der Waals surface area contributed by atoms with Gasteiger partial charge in [-0.1, -0.05) is 17.9 Å². The second kappa shape index (κ2) is 6.57. The average Bonchev–Trinajstić information content (AvgIpc) is 2.35. The minimum Gasteiger partial charge on any atom is -0.384 e. The molecule has 0 amide bonds. The van der Waals surface area contributed by atoms with E-state index in [4.69, 9.17) is 5.11 Å². The molecular formula is C13H18N2O3S. The zero-order valence-corrected chi connectivity index (χ0v) is 12.0. The van der Waals surface area contributed by atoms with Crippen LogP contribution in [0.4, 0.5) is 5.69 Å². The highest BCUT2D eigenvalue weighted by atomic mass is 32.2. The van der Waals surface area contributed by atoms with Crippen molar-refractivity contribution in [2.75, 3.05) is 18.4 Å². The van der Waals surface area contributed by atoms with Crippen LogP contribution in [0.2, 0.25) is 0 Å². The highest BCUT2D eigenvalue weighted by Gasteiger charge is 2.20. The van der Waals surface area contributed by atoms with Gasteiger partial charge in [-0.25, -0.2) is 0 Å². The normalized spacial score (nSPS) is 11.3. The standard InChI is InChI=1S/C13H18N2O3S/c1-11(2)15(3)19(17,18)14-13-8-4-6-12(10-13)7-5-9-16/h4,6,8,10-11,14,16H,9H2,1-3H3. The van der Waals surface area contributed by atoms with E-state index in [9.17, 15) is 8.42 Å². The quantitative estimate of drug-likeness (QED) is 0.810. The smallest absolute Gasteiger partial charge is 0.301 e. The summed E-state index contributed by atoms with van der Waals surface area (Å²) in [5.41, 5.74) is 1.08. The summed E-state index contributed by atoms with van der Waals surface area (Å²) in [4.78, 5) is 0. The summed E-state index contributed by atoms with van der Waals surface area (Å²) >= 11 is 0. The number of benzene rings is 1. The summed E-state index contributed by atoms with van der Waals surface area (Å²) in [6, 6.07) is 6.58. The van der Waals surface area contributed by atoms with Gasteiger partial charge in [0, 0.05) is 18.7 Å². The Hall–Kier alpha value is -1.55. The van der Waals surface area contributed by atoms with Crippen LogP contribution in [-0.2, 0) is 10.2 Å². The molecule has 0 bridgehead atoms. The van der Waals surface area contributed by atoms with Gasteiger partial charge in [-0.3, -0.25) is 4.72 Å². The molecule has 0 aliphatic carbocycles. The van der Waals surface area contributed by atoms with Crippen molar-refractivity contribution in [1.29, 1.82) is 0 Å². The van der Waals surface area contributed by atoms with Gasteiger partial charge >= 0.3 is 10.2 Å². The summed E-state index contributed by atoms with van der Waals surface area (Å²) in [5.74, 6) is 5.24. The number of nitrogens with one attached hydrogen (secondary N) is 1. The highest BCUT2D eigenvalue weighted by Crippen LogP contribution is 2.14. The molecule has 0 atom stereocenters. The van der Waals surface area contributed by atoms with Crippen molar-refractivity contribution in [2.45, 2.75) is 19.9 Å². The van der Waals surface area contributed by atoms with Crippen molar-refractivity contribution in [3.05, 3.63) is 29.8 Å². The molecule has 1 rings (SSSR count). The van der Waals surface area contributed by atoms with Crippen molar-refractivity contribution in [1.82, 2.24) is 4.31 Å². The summed E-state index contributed by atoms with van der Waals surface area (Å²) in [6.45, 7) is 3.36. The molecule has 1 aromatic rings. The van der Waals surface area contributed by atoms with Gasteiger partial charge in [0.1, 0.15) is 6.61 Å². The molecule has 0 aliphatic heterocycles. The monoisotopic (exact) mass is 282 g/mol. The van der Waals surface area contributed by atoms with Gasteiger partial charge in [-0.05, 0) is 32.0 Å². The van der Waals surface area contributed by atoms with E-state index in [0.29, 0.717) is 11.3 Å². The van der Waals surface area contributed by atoms with Crippen LogP contribution in [0, 0.1) is 11.8 Å². The molecule has 19 heavy (non-hydrogen) atoms. The van der Waals surface area contributed by atoms with Crippen LogP contribution < -0.4 is 4.72 Å². The second-order valence-electron chi connectivity index (χ2n) is 4.26. The van der Waals surface area contributed by atoms with Crippen LogP contribution >= 0.6 is 0 Å². The topological polar surface area (TPSA) is 69.6 Å². The van der Waals surface area contributed by atoms with Gasteiger partial charge in [0.25, 0.3) is 0 Å². The average molecular weight is 282 g/mol. The Kier molecular flexibility index (Phi) is 5.36. The molecule has 0 aromatic heterocycles. The molecule has 0 saturated carbocycles. The van der Waals surface area contributed by atoms with Crippen molar-refractivity contribution in [3.8, 4) is 11.8 Å². The lowest BCUT2D eigenvalue weighted by Crippen LogP contribution is -2.37. The van der Waals surface area contributed by atoms with Crippen molar-refractivity contribution < 1.29 is 13.5 Å². The van der Waals surface area contributed by atoms with E-state index in [-0.39, 0.29) is 12.6 Å². The molecule has 0 radical (unpaired) electrons. The van der Waals surface area contributed by atoms with Crippen LogP contribution in [-0.4, -0.2) is 37.5 Å². The minimum absolute atomic E-state index is 0.130. The fraction of sp³-hybridized carbons (Fsp3) is 0.385. The number of hydrogen-bond donors (Lipinski definition) is 2. The van der Waals surface area contributed by atoms with Crippen LogP contribution in [0.15, 0.2) is 24.3 Å². The zero-order chi connectivity index (χ0) is 14.5. The molecule has 0 fully saturated rings. The Morgan fingerprint density at radius 1 is 1.42 bits per heavy atom. The number of aliphatic hydroxyl groups is 1. The third-order valence-electron chi connectivity index (χ3n) is 2.53. The second-order valence-corrected chi connectivity index (χ2v) is 5.99. The first-order valence-electron chi connectivity index (χ1n) is 5.82. The van der Waals surface area contributed by atoms with Gasteiger partial charge in [0.2, 0.25) is 0 Å². The van der Waals surface area contributed by atoms with E-state index in [1.54, 1.807) is 38.1 Å². The maximum atomic E-state index is 12.0. The van der Waals surface area contributed by atoms with Gasteiger partial charge in [0.05, 0.1) is 5.69 Å². The van der Waals surface area contributed by atoms with E-state index in [1.807, 2.05) is 0 Å². The van der Waals surface area contributed by atoms with Crippen molar-refractivity contribution >= 4 is 15.9 Å². The lowest BCUT2D eigenvalue weighted by Gasteiger charge is -2.21. The highest BCUT2D eigenvalue weighted by molar-refractivity contribution is 7.90.